The number of thiazole rings is 1. The smallest absolute Gasteiger partial charge is 0.267 e. The first-order valence-electron chi connectivity index (χ1n) is 8.16. The summed E-state index contributed by atoms with van der Waals surface area (Å²) in [6, 6.07) is 15.1. The normalized spacial score (nSPS) is 10.4. The Kier molecular flexibility index (Phi) is 5.53. The van der Waals surface area contributed by atoms with Crippen molar-refractivity contribution in [3.63, 3.8) is 0 Å². The Morgan fingerprint density at radius 1 is 1.12 bits per heavy atom. The van der Waals surface area contributed by atoms with Crippen LogP contribution in [0.3, 0.4) is 0 Å². The molecule has 0 bridgehead atoms. The molecule has 0 aliphatic rings. The second kappa shape index (κ2) is 8.01. The number of benzene rings is 2. The van der Waals surface area contributed by atoms with E-state index in [0.717, 1.165) is 10.8 Å². The Bertz CT molecular complexity index is 904. The van der Waals surface area contributed by atoms with Crippen LogP contribution < -0.4 is 14.8 Å². The average Bonchev–Trinajstić information content (AvgIpc) is 3.02. The molecule has 134 valence electrons. The van der Waals surface area contributed by atoms with Gasteiger partial charge in [0, 0.05) is 11.8 Å². The monoisotopic (exact) mass is 368 g/mol. The molecule has 0 radical (unpaired) electrons. The molecule has 0 aliphatic heterocycles. The molecule has 3 rings (SSSR count). The summed E-state index contributed by atoms with van der Waals surface area (Å²) in [5.74, 6) is 1.29. The zero-order chi connectivity index (χ0) is 18.5. The highest BCUT2D eigenvalue weighted by Crippen LogP contribution is 2.23. The lowest BCUT2D eigenvalue weighted by molar-refractivity contribution is 0.103. The SMILES string of the molecule is COc1cccc(NC(=O)c2sc(COc3ccc(C)cc3)nc2C)c1. The van der Waals surface area contributed by atoms with E-state index in [0.29, 0.717) is 28.6 Å². The Labute approximate surface area is 156 Å². The predicted octanol–water partition coefficient (Wildman–Crippen LogP) is 4.60. The van der Waals surface area contributed by atoms with Crippen molar-refractivity contribution in [2.75, 3.05) is 12.4 Å². The van der Waals surface area contributed by atoms with Crippen LogP contribution in [0.15, 0.2) is 48.5 Å². The third-order valence-electron chi connectivity index (χ3n) is 3.76. The topological polar surface area (TPSA) is 60.5 Å². The fourth-order valence-corrected chi connectivity index (χ4v) is 3.27. The Morgan fingerprint density at radius 2 is 1.88 bits per heavy atom. The molecule has 5 nitrogen and oxygen atoms in total. The lowest BCUT2D eigenvalue weighted by Gasteiger charge is -2.06. The standard InChI is InChI=1S/C20H20N2O3S/c1-13-7-9-16(10-8-13)25-12-18-21-14(2)19(26-18)20(23)22-15-5-4-6-17(11-15)24-3/h4-11H,12H2,1-3H3,(H,22,23). The second-order valence-corrected chi connectivity index (χ2v) is 6.89. The van der Waals surface area contributed by atoms with E-state index < -0.39 is 0 Å². The lowest BCUT2D eigenvalue weighted by atomic mass is 10.2. The van der Waals surface area contributed by atoms with Crippen LogP contribution in [0.4, 0.5) is 5.69 Å². The first-order valence-corrected chi connectivity index (χ1v) is 8.98. The van der Waals surface area contributed by atoms with E-state index >= 15 is 0 Å². The van der Waals surface area contributed by atoms with Crippen LogP contribution in [-0.2, 0) is 6.61 Å². The Balaban J connectivity index is 1.66. The molecule has 3 aromatic rings. The van der Waals surface area contributed by atoms with Crippen LogP contribution in [0.25, 0.3) is 0 Å². The molecule has 0 aliphatic carbocycles. The van der Waals surface area contributed by atoms with Crippen LogP contribution in [0.2, 0.25) is 0 Å². The number of carbonyl (C=O) groups excluding carboxylic acids is 1. The van der Waals surface area contributed by atoms with E-state index in [4.69, 9.17) is 9.47 Å². The van der Waals surface area contributed by atoms with Crippen molar-refractivity contribution in [2.24, 2.45) is 0 Å². The highest BCUT2D eigenvalue weighted by Gasteiger charge is 2.16. The summed E-state index contributed by atoms with van der Waals surface area (Å²) in [6.45, 7) is 4.19. The number of ether oxygens (including phenoxy) is 2. The van der Waals surface area contributed by atoms with Crippen molar-refractivity contribution >= 4 is 22.9 Å². The summed E-state index contributed by atoms with van der Waals surface area (Å²) < 4.78 is 10.9. The molecule has 2 aromatic carbocycles. The maximum Gasteiger partial charge on any atom is 0.267 e. The number of aromatic nitrogens is 1. The predicted molar refractivity (Wildman–Crippen MR) is 103 cm³/mol. The minimum atomic E-state index is -0.185. The van der Waals surface area contributed by atoms with Gasteiger partial charge in [-0.25, -0.2) is 4.98 Å². The van der Waals surface area contributed by atoms with Crippen LogP contribution in [0.1, 0.15) is 25.9 Å². The van der Waals surface area contributed by atoms with E-state index in [-0.39, 0.29) is 5.91 Å². The van der Waals surface area contributed by atoms with Gasteiger partial charge in [0.15, 0.2) is 0 Å². The number of amides is 1. The zero-order valence-corrected chi connectivity index (χ0v) is 15.7. The van der Waals surface area contributed by atoms with Crippen molar-refractivity contribution in [1.82, 2.24) is 4.98 Å². The van der Waals surface area contributed by atoms with Gasteiger partial charge in [0.05, 0.1) is 12.8 Å². The van der Waals surface area contributed by atoms with Gasteiger partial charge < -0.3 is 14.8 Å². The number of rotatable bonds is 6. The van der Waals surface area contributed by atoms with E-state index in [2.05, 4.69) is 10.3 Å². The molecule has 0 saturated carbocycles. The van der Waals surface area contributed by atoms with Crippen LogP contribution in [0.5, 0.6) is 11.5 Å². The highest BCUT2D eigenvalue weighted by atomic mass is 32.1. The van der Waals surface area contributed by atoms with Crippen LogP contribution in [-0.4, -0.2) is 18.0 Å². The van der Waals surface area contributed by atoms with Crippen LogP contribution >= 0.6 is 11.3 Å². The van der Waals surface area contributed by atoms with Gasteiger partial charge in [-0.15, -0.1) is 11.3 Å². The maximum atomic E-state index is 12.5. The highest BCUT2D eigenvalue weighted by molar-refractivity contribution is 7.13. The molecule has 1 amide bonds. The van der Waals surface area contributed by atoms with E-state index in [1.807, 2.05) is 56.3 Å². The maximum absolute atomic E-state index is 12.5. The van der Waals surface area contributed by atoms with Crippen molar-refractivity contribution < 1.29 is 14.3 Å². The third-order valence-corrected chi connectivity index (χ3v) is 4.89. The van der Waals surface area contributed by atoms with E-state index in [9.17, 15) is 4.79 Å². The van der Waals surface area contributed by atoms with E-state index in [1.54, 1.807) is 13.2 Å². The summed E-state index contributed by atoms with van der Waals surface area (Å²) in [5.41, 5.74) is 2.55. The summed E-state index contributed by atoms with van der Waals surface area (Å²) in [4.78, 5) is 17.6. The van der Waals surface area contributed by atoms with Gasteiger partial charge in [-0.2, -0.15) is 0 Å². The number of aryl methyl sites for hydroxylation is 2. The van der Waals surface area contributed by atoms with Gasteiger partial charge in [-0.1, -0.05) is 23.8 Å². The molecule has 1 heterocycles. The minimum absolute atomic E-state index is 0.185. The number of hydrogen-bond acceptors (Lipinski definition) is 5. The van der Waals surface area contributed by atoms with Crippen molar-refractivity contribution in [2.45, 2.75) is 20.5 Å². The first-order chi connectivity index (χ1) is 12.5. The lowest BCUT2D eigenvalue weighted by Crippen LogP contribution is -2.11. The Morgan fingerprint density at radius 3 is 2.62 bits per heavy atom. The average molecular weight is 368 g/mol. The number of nitrogens with zero attached hydrogens (tertiary/aromatic N) is 1. The molecule has 26 heavy (non-hydrogen) atoms. The molecule has 0 fully saturated rings. The zero-order valence-electron chi connectivity index (χ0n) is 14.9. The number of nitrogens with one attached hydrogen (secondary N) is 1. The number of carbonyl (C=O) groups is 1. The molecule has 0 spiro atoms. The fourth-order valence-electron chi connectivity index (χ4n) is 2.39. The van der Waals surface area contributed by atoms with Crippen LogP contribution in [0, 0.1) is 13.8 Å². The van der Waals surface area contributed by atoms with Gasteiger partial charge >= 0.3 is 0 Å². The van der Waals surface area contributed by atoms with Gasteiger partial charge in [-0.05, 0) is 38.1 Å². The first kappa shape index (κ1) is 17.9. The van der Waals surface area contributed by atoms with Crippen molar-refractivity contribution in [3.05, 3.63) is 69.7 Å². The third kappa shape index (κ3) is 4.40. The molecular weight excluding hydrogens is 348 g/mol. The van der Waals surface area contributed by atoms with Gasteiger partial charge in [0.1, 0.15) is 28.0 Å². The number of hydrogen-bond donors (Lipinski definition) is 1. The second-order valence-electron chi connectivity index (χ2n) is 5.81. The number of methoxy groups -OCH3 is 1. The van der Waals surface area contributed by atoms with Crippen molar-refractivity contribution in [1.29, 1.82) is 0 Å². The summed E-state index contributed by atoms with van der Waals surface area (Å²) >= 11 is 1.34. The van der Waals surface area contributed by atoms with Gasteiger partial charge in [0.25, 0.3) is 5.91 Å². The van der Waals surface area contributed by atoms with Gasteiger partial charge in [-0.3, -0.25) is 4.79 Å². The Hall–Kier alpha value is -2.86. The molecule has 0 saturated heterocycles. The summed E-state index contributed by atoms with van der Waals surface area (Å²) in [5, 5.41) is 3.64. The molecule has 1 N–H and O–H groups in total. The van der Waals surface area contributed by atoms with E-state index in [1.165, 1.54) is 16.9 Å². The minimum Gasteiger partial charge on any atom is -0.497 e. The molecular formula is C20H20N2O3S. The largest absolute Gasteiger partial charge is 0.497 e. The summed E-state index contributed by atoms with van der Waals surface area (Å²) in [6.07, 6.45) is 0. The molecule has 1 aromatic heterocycles. The van der Waals surface area contributed by atoms with Crippen molar-refractivity contribution in [3.8, 4) is 11.5 Å². The summed E-state index contributed by atoms with van der Waals surface area (Å²) in [7, 11) is 1.59. The number of anilines is 1. The molecule has 0 unspecified atom stereocenters. The fraction of sp³-hybridized carbons (Fsp3) is 0.200. The van der Waals surface area contributed by atoms with Gasteiger partial charge in [0.2, 0.25) is 0 Å². The molecule has 6 heteroatoms. The quantitative estimate of drug-likeness (QED) is 0.691. The molecule has 0 atom stereocenters.